The Morgan fingerprint density at radius 3 is 2.08 bits per heavy atom. The van der Waals surface area contributed by atoms with E-state index >= 15 is 0 Å². The topological polar surface area (TPSA) is 0 Å². The van der Waals surface area contributed by atoms with Crippen LogP contribution in [0.5, 0.6) is 0 Å². The van der Waals surface area contributed by atoms with E-state index in [0.29, 0.717) is 0 Å². The molecule has 1 heteroatoms. The molecule has 0 unspecified atom stereocenters. The van der Waals surface area contributed by atoms with Crippen LogP contribution in [-0.2, 0) is 0 Å². The Hall–Kier alpha value is -1.11. The first kappa shape index (κ1) is 9.97. The van der Waals surface area contributed by atoms with E-state index in [4.69, 9.17) is 0 Å². The monoisotopic (exact) mass is 178 g/mol. The minimum atomic E-state index is -0.173. The van der Waals surface area contributed by atoms with Gasteiger partial charge in [0.25, 0.3) is 0 Å². The van der Waals surface area contributed by atoms with Gasteiger partial charge in [0.2, 0.25) is 0 Å². The fourth-order valence-corrected chi connectivity index (χ4v) is 1.50. The average molecular weight is 178 g/mol. The predicted molar refractivity (Wildman–Crippen MR) is 55.0 cm³/mol. The highest BCUT2D eigenvalue weighted by Crippen LogP contribution is 2.21. The van der Waals surface area contributed by atoms with Crippen molar-refractivity contribution in [2.45, 2.75) is 27.2 Å². The fourth-order valence-electron chi connectivity index (χ4n) is 1.50. The normalized spacial score (nSPS) is 9.85. The van der Waals surface area contributed by atoms with Crippen molar-refractivity contribution in [2.24, 2.45) is 0 Å². The second kappa shape index (κ2) is 4.22. The van der Waals surface area contributed by atoms with Gasteiger partial charge in [-0.1, -0.05) is 24.6 Å². The summed E-state index contributed by atoms with van der Waals surface area (Å²) < 4.78 is 12.6. The number of hydrogen-bond donors (Lipinski definition) is 0. The lowest BCUT2D eigenvalue weighted by Gasteiger charge is -2.07. The Labute approximate surface area is 79.1 Å². The van der Waals surface area contributed by atoms with E-state index in [1.165, 1.54) is 23.3 Å². The Morgan fingerprint density at radius 2 is 1.69 bits per heavy atom. The lowest BCUT2D eigenvalue weighted by Crippen LogP contribution is -1.86. The number of hydrogen-bond acceptors (Lipinski definition) is 0. The van der Waals surface area contributed by atoms with Crippen LogP contribution in [0, 0.1) is 5.82 Å². The number of benzene rings is 1. The van der Waals surface area contributed by atoms with E-state index in [-0.39, 0.29) is 5.82 Å². The summed E-state index contributed by atoms with van der Waals surface area (Å²) in [5.74, 6) is -0.173. The molecular formula is C12H15F. The molecule has 0 aliphatic heterocycles. The molecule has 0 amide bonds. The first-order chi connectivity index (χ1) is 6.15. The molecule has 0 bridgehead atoms. The van der Waals surface area contributed by atoms with Gasteiger partial charge in [-0.3, -0.25) is 0 Å². The summed E-state index contributed by atoms with van der Waals surface area (Å²) in [5, 5.41) is 0. The van der Waals surface area contributed by atoms with Crippen LogP contribution in [0.3, 0.4) is 0 Å². The van der Waals surface area contributed by atoms with Crippen LogP contribution in [0.15, 0.2) is 29.8 Å². The minimum Gasteiger partial charge on any atom is -0.207 e. The third-order valence-electron chi connectivity index (χ3n) is 2.15. The molecule has 0 atom stereocenters. The molecule has 1 rings (SSSR count). The van der Waals surface area contributed by atoms with Gasteiger partial charge in [0.15, 0.2) is 0 Å². The summed E-state index contributed by atoms with van der Waals surface area (Å²) in [7, 11) is 0. The molecule has 0 radical (unpaired) electrons. The van der Waals surface area contributed by atoms with Crippen molar-refractivity contribution in [2.75, 3.05) is 0 Å². The molecule has 1 aromatic carbocycles. The maximum absolute atomic E-state index is 12.6. The summed E-state index contributed by atoms with van der Waals surface area (Å²) in [4.78, 5) is 0. The van der Waals surface area contributed by atoms with Gasteiger partial charge >= 0.3 is 0 Å². The van der Waals surface area contributed by atoms with Crippen molar-refractivity contribution in [3.63, 3.8) is 0 Å². The highest BCUT2D eigenvalue weighted by atomic mass is 19.1. The summed E-state index contributed by atoms with van der Waals surface area (Å²) >= 11 is 0. The van der Waals surface area contributed by atoms with Crippen LogP contribution in [0.2, 0.25) is 0 Å². The smallest absolute Gasteiger partial charge is 0.123 e. The molecule has 0 heterocycles. The van der Waals surface area contributed by atoms with Crippen LogP contribution in [0.4, 0.5) is 4.39 Å². The van der Waals surface area contributed by atoms with Crippen molar-refractivity contribution >= 4 is 5.57 Å². The van der Waals surface area contributed by atoms with E-state index in [0.717, 1.165) is 12.0 Å². The van der Waals surface area contributed by atoms with Gasteiger partial charge in [-0.05, 0) is 43.5 Å². The zero-order valence-electron chi connectivity index (χ0n) is 8.39. The summed E-state index contributed by atoms with van der Waals surface area (Å²) in [6, 6.07) is 6.68. The summed E-state index contributed by atoms with van der Waals surface area (Å²) in [6.45, 7) is 6.29. The van der Waals surface area contributed by atoms with E-state index in [9.17, 15) is 4.39 Å². The molecule has 0 saturated heterocycles. The second-order valence-corrected chi connectivity index (χ2v) is 3.34. The first-order valence-corrected chi connectivity index (χ1v) is 4.57. The molecular weight excluding hydrogens is 163 g/mol. The number of rotatable bonds is 2. The van der Waals surface area contributed by atoms with Crippen molar-refractivity contribution in [1.82, 2.24) is 0 Å². The lowest BCUT2D eigenvalue weighted by atomic mass is 9.99. The van der Waals surface area contributed by atoms with Crippen LogP contribution in [0.1, 0.15) is 32.8 Å². The van der Waals surface area contributed by atoms with Crippen LogP contribution in [0.25, 0.3) is 5.57 Å². The highest BCUT2D eigenvalue weighted by Gasteiger charge is 2.00. The average Bonchev–Trinajstić information content (AvgIpc) is 2.09. The maximum Gasteiger partial charge on any atom is 0.123 e. The zero-order valence-corrected chi connectivity index (χ0v) is 8.39. The van der Waals surface area contributed by atoms with Crippen molar-refractivity contribution in [3.8, 4) is 0 Å². The molecule has 0 saturated carbocycles. The standard InChI is InChI=1S/C12H15F/c1-4-12(9(2)3)10-5-7-11(13)8-6-10/h5-8H,4H2,1-3H3. The molecule has 0 N–H and O–H groups in total. The SMILES string of the molecule is CCC(=C(C)C)c1ccc(F)cc1. The largest absolute Gasteiger partial charge is 0.207 e. The van der Waals surface area contributed by atoms with E-state index in [1.807, 2.05) is 12.1 Å². The van der Waals surface area contributed by atoms with Gasteiger partial charge in [-0.15, -0.1) is 0 Å². The molecule has 0 aliphatic rings. The van der Waals surface area contributed by atoms with Gasteiger partial charge in [0.05, 0.1) is 0 Å². The van der Waals surface area contributed by atoms with E-state index < -0.39 is 0 Å². The third kappa shape index (κ3) is 2.41. The predicted octanol–water partition coefficient (Wildman–Crippen LogP) is 4.03. The van der Waals surface area contributed by atoms with Gasteiger partial charge < -0.3 is 0 Å². The first-order valence-electron chi connectivity index (χ1n) is 4.57. The molecule has 0 aromatic heterocycles. The lowest BCUT2D eigenvalue weighted by molar-refractivity contribution is 0.627. The molecule has 0 spiro atoms. The molecule has 70 valence electrons. The van der Waals surface area contributed by atoms with Crippen molar-refractivity contribution < 1.29 is 4.39 Å². The fraction of sp³-hybridized carbons (Fsp3) is 0.333. The van der Waals surface area contributed by atoms with Gasteiger partial charge in [-0.25, -0.2) is 4.39 Å². The van der Waals surface area contributed by atoms with Crippen LogP contribution in [-0.4, -0.2) is 0 Å². The quantitative estimate of drug-likeness (QED) is 0.641. The van der Waals surface area contributed by atoms with Gasteiger partial charge in [0, 0.05) is 0 Å². The molecule has 1 aromatic rings. The minimum absolute atomic E-state index is 0.173. The number of allylic oxidation sites excluding steroid dienone is 2. The number of halogens is 1. The second-order valence-electron chi connectivity index (χ2n) is 3.34. The molecule has 0 fully saturated rings. The third-order valence-corrected chi connectivity index (χ3v) is 2.15. The van der Waals surface area contributed by atoms with E-state index in [2.05, 4.69) is 20.8 Å². The van der Waals surface area contributed by atoms with Gasteiger partial charge in [-0.2, -0.15) is 0 Å². The molecule has 0 nitrogen and oxygen atoms in total. The molecule has 13 heavy (non-hydrogen) atoms. The van der Waals surface area contributed by atoms with Gasteiger partial charge in [0.1, 0.15) is 5.82 Å². The van der Waals surface area contributed by atoms with Crippen LogP contribution >= 0.6 is 0 Å². The Morgan fingerprint density at radius 1 is 1.15 bits per heavy atom. The Bertz CT molecular complexity index is 302. The Balaban J connectivity index is 3.07. The zero-order chi connectivity index (χ0) is 9.84. The summed E-state index contributed by atoms with van der Waals surface area (Å²) in [5.41, 5.74) is 3.73. The van der Waals surface area contributed by atoms with E-state index in [1.54, 1.807) is 0 Å². The van der Waals surface area contributed by atoms with Crippen molar-refractivity contribution in [3.05, 3.63) is 41.2 Å². The molecule has 0 aliphatic carbocycles. The Kier molecular flexibility index (Phi) is 3.24. The maximum atomic E-state index is 12.6. The highest BCUT2D eigenvalue weighted by molar-refractivity contribution is 5.67. The van der Waals surface area contributed by atoms with Crippen LogP contribution < -0.4 is 0 Å². The van der Waals surface area contributed by atoms with Crippen molar-refractivity contribution in [1.29, 1.82) is 0 Å². The summed E-state index contributed by atoms with van der Waals surface area (Å²) in [6.07, 6.45) is 0.994.